The molecule has 3 heteroatoms. The Hall–Kier alpha value is -2.13. The fraction of sp³-hybridized carbons (Fsp3) is 0.278. The SMILES string of the molecule is CC(CNC(=O)c1ccc(CCN)cc1)c1ccccc1. The van der Waals surface area contributed by atoms with Crippen molar-refractivity contribution < 1.29 is 4.79 Å². The molecule has 1 unspecified atom stereocenters. The van der Waals surface area contributed by atoms with Crippen LogP contribution in [-0.4, -0.2) is 19.0 Å². The second kappa shape index (κ2) is 7.60. The second-order valence-corrected chi connectivity index (χ2v) is 5.26. The highest BCUT2D eigenvalue weighted by molar-refractivity contribution is 5.94. The molecule has 0 fully saturated rings. The fourth-order valence-corrected chi connectivity index (χ4v) is 2.24. The van der Waals surface area contributed by atoms with E-state index in [0.29, 0.717) is 24.6 Å². The molecule has 0 saturated carbocycles. The van der Waals surface area contributed by atoms with Crippen molar-refractivity contribution in [2.45, 2.75) is 19.3 Å². The number of nitrogens with one attached hydrogen (secondary N) is 1. The van der Waals surface area contributed by atoms with Crippen molar-refractivity contribution in [3.8, 4) is 0 Å². The molecule has 3 N–H and O–H groups in total. The second-order valence-electron chi connectivity index (χ2n) is 5.26. The van der Waals surface area contributed by atoms with Gasteiger partial charge in [-0.2, -0.15) is 0 Å². The maximum absolute atomic E-state index is 12.1. The van der Waals surface area contributed by atoms with Crippen LogP contribution in [0.5, 0.6) is 0 Å². The predicted octanol–water partition coefficient (Wildman–Crippen LogP) is 2.72. The van der Waals surface area contributed by atoms with Gasteiger partial charge in [-0.25, -0.2) is 0 Å². The van der Waals surface area contributed by atoms with Crippen LogP contribution in [0.2, 0.25) is 0 Å². The standard InChI is InChI=1S/C18H22N2O/c1-14(16-5-3-2-4-6-16)13-20-18(21)17-9-7-15(8-10-17)11-12-19/h2-10,14H,11-13,19H2,1H3,(H,20,21). The van der Waals surface area contributed by atoms with E-state index in [1.54, 1.807) is 0 Å². The van der Waals surface area contributed by atoms with Crippen LogP contribution in [-0.2, 0) is 6.42 Å². The van der Waals surface area contributed by atoms with Gasteiger partial charge in [0.25, 0.3) is 5.91 Å². The summed E-state index contributed by atoms with van der Waals surface area (Å²) in [7, 11) is 0. The zero-order valence-electron chi connectivity index (χ0n) is 12.4. The van der Waals surface area contributed by atoms with Crippen LogP contribution in [0.25, 0.3) is 0 Å². The van der Waals surface area contributed by atoms with Gasteiger partial charge in [0.1, 0.15) is 0 Å². The van der Waals surface area contributed by atoms with Gasteiger partial charge < -0.3 is 11.1 Å². The first-order valence-electron chi connectivity index (χ1n) is 7.33. The topological polar surface area (TPSA) is 55.1 Å². The van der Waals surface area contributed by atoms with E-state index < -0.39 is 0 Å². The van der Waals surface area contributed by atoms with Crippen molar-refractivity contribution in [1.82, 2.24) is 5.32 Å². The molecular formula is C18H22N2O. The van der Waals surface area contributed by atoms with E-state index in [0.717, 1.165) is 12.0 Å². The molecule has 2 aromatic rings. The predicted molar refractivity (Wildman–Crippen MR) is 86.4 cm³/mol. The lowest BCUT2D eigenvalue weighted by Gasteiger charge is -2.13. The molecular weight excluding hydrogens is 260 g/mol. The monoisotopic (exact) mass is 282 g/mol. The number of rotatable bonds is 6. The molecule has 0 saturated heterocycles. The minimum absolute atomic E-state index is 0.0305. The smallest absolute Gasteiger partial charge is 0.251 e. The largest absolute Gasteiger partial charge is 0.351 e. The van der Waals surface area contributed by atoms with Crippen LogP contribution >= 0.6 is 0 Å². The average Bonchev–Trinajstić information content (AvgIpc) is 2.54. The molecule has 0 aromatic heterocycles. The maximum Gasteiger partial charge on any atom is 0.251 e. The van der Waals surface area contributed by atoms with Gasteiger partial charge in [-0.15, -0.1) is 0 Å². The van der Waals surface area contributed by atoms with E-state index in [1.165, 1.54) is 5.56 Å². The molecule has 1 amide bonds. The number of carbonyl (C=O) groups is 1. The van der Waals surface area contributed by atoms with Crippen LogP contribution in [0.4, 0.5) is 0 Å². The summed E-state index contributed by atoms with van der Waals surface area (Å²) in [6, 6.07) is 17.8. The van der Waals surface area contributed by atoms with Crippen molar-refractivity contribution in [3.05, 3.63) is 71.3 Å². The van der Waals surface area contributed by atoms with Crippen LogP contribution in [0.15, 0.2) is 54.6 Å². The molecule has 1 atom stereocenters. The van der Waals surface area contributed by atoms with Crippen molar-refractivity contribution in [3.63, 3.8) is 0 Å². The Morgan fingerprint density at radius 3 is 2.38 bits per heavy atom. The summed E-state index contributed by atoms with van der Waals surface area (Å²) >= 11 is 0. The van der Waals surface area contributed by atoms with Crippen molar-refractivity contribution in [1.29, 1.82) is 0 Å². The number of nitrogens with two attached hydrogens (primary N) is 1. The average molecular weight is 282 g/mol. The summed E-state index contributed by atoms with van der Waals surface area (Å²) in [4.78, 5) is 12.1. The number of carbonyl (C=O) groups excluding carboxylic acids is 1. The summed E-state index contributed by atoms with van der Waals surface area (Å²) < 4.78 is 0. The summed E-state index contributed by atoms with van der Waals surface area (Å²) in [5, 5.41) is 2.99. The summed E-state index contributed by atoms with van der Waals surface area (Å²) in [6.45, 7) is 3.37. The van der Waals surface area contributed by atoms with Crippen molar-refractivity contribution in [2.75, 3.05) is 13.1 Å². The molecule has 0 heterocycles. The molecule has 3 nitrogen and oxygen atoms in total. The third-order valence-electron chi connectivity index (χ3n) is 3.59. The van der Waals surface area contributed by atoms with Gasteiger partial charge in [0, 0.05) is 12.1 Å². The number of amides is 1. The van der Waals surface area contributed by atoms with Gasteiger partial charge in [0.2, 0.25) is 0 Å². The summed E-state index contributed by atoms with van der Waals surface area (Å²) in [5.41, 5.74) is 8.60. The highest BCUT2D eigenvalue weighted by Gasteiger charge is 2.09. The highest BCUT2D eigenvalue weighted by Crippen LogP contribution is 2.13. The molecule has 2 rings (SSSR count). The molecule has 0 spiro atoms. The highest BCUT2D eigenvalue weighted by atomic mass is 16.1. The minimum atomic E-state index is -0.0305. The Morgan fingerprint density at radius 1 is 1.10 bits per heavy atom. The Labute approximate surface area is 126 Å². The summed E-state index contributed by atoms with van der Waals surface area (Å²) in [6.07, 6.45) is 0.840. The van der Waals surface area contributed by atoms with E-state index in [2.05, 4.69) is 24.4 Å². The third kappa shape index (κ3) is 4.43. The van der Waals surface area contributed by atoms with Gasteiger partial charge in [0.05, 0.1) is 0 Å². The van der Waals surface area contributed by atoms with Crippen LogP contribution in [0.1, 0.15) is 34.3 Å². The fourth-order valence-electron chi connectivity index (χ4n) is 2.24. The first kappa shape index (κ1) is 15.3. The number of hydrogen-bond acceptors (Lipinski definition) is 2. The third-order valence-corrected chi connectivity index (χ3v) is 3.59. The lowest BCUT2D eigenvalue weighted by molar-refractivity contribution is 0.0951. The lowest BCUT2D eigenvalue weighted by Crippen LogP contribution is -2.27. The normalized spacial score (nSPS) is 11.9. The molecule has 0 aliphatic rings. The number of hydrogen-bond donors (Lipinski definition) is 2. The van der Waals surface area contributed by atoms with Crippen LogP contribution < -0.4 is 11.1 Å². The van der Waals surface area contributed by atoms with E-state index in [1.807, 2.05) is 42.5 Å². The first-order chi connectivity index (χ1) is 10.2. The molecule has 110 valence electrons. The van der Waals surface area contributed by atoms with Gasteiger partial charge in [-0.05, 0) is 42.1 Å². The van der Waals surface area contributed by atoms with Gasteiger partial charge in [-0.3, -0.25) is 4.79 Å². The zero-order valence-corrected chi connectivity index (χ0v) is 12.4. The van der Waals surface area contributed by atoms with Crippen molar-refractivity contribution >= 4 is 5.91 Å². The van der Waals surface area contributed by atoms with Gasteiger partial charge >= 0.3 is 0 Å². The Balaban J connectivity index is 1.89. The van der Waals surface area contributed by atoms with E-state index in [4.69, 9.17) is 5.73 Å². The van der Waals surface area contributed by atoms with E-state index in [-0.39, 0.29) is 5.91 Å². The molecule has 0 radical (unpaired) electrons. The van der Waals surface area contributed by atoms with Gasteiger partial charge in [-0.1, -0.05) is 49.4 Å². The Bertz CT molecular complexity index is 564. The lowest BCUT2D eigenvalue weighted by atomic mass is 10.0. The molecule has 0 aliphatic carbocycles. The molecule has 2 aromatic carbocycles. The Morgan fingerprint density at radius 2 is 1.76 bits per heavy atom. The Kier molecular flexibility index (Phi) is 5.52. The van der Waals surface area contributed by atoms with Crippen LogP contribution in [0, 0.1) is 0 Å². The quantitative estimate of drug-likeness (QED) is 0.856. The minimum Gasteiger partial charge on any atom is -0.351 e. The maximum atomic E-state index is 12.1. The molecule has 0 aliphatic heterocycles. The van der Waals surface area contributed by atoms with E-state index >= 15 is 0 Å². The van der Waals surface area contributed by atoms with Gasteiger partial charge in [0.15, 0.2) is 0 Å². The van der Waals surface area contributed by atoms with Crippen LogP contribution in [0.3, 0.4) is 0 Å². The first-order valence-corrected chi connectivity index (χ1v) is 7.33. The van der Waals surface area contributed by atoms with E-state index in [9.17, 15) is 4.79 Å². The molecule has 0 bridgehead atoms. The zero-order chi connectivity index (χ0) is 15.1. The number of benzene rings is 2. The summed E-state index contributed by atoms with van der Waals surface area (Å²) in [5.74, 6) is 0.267. The molecule has 21 heavy (non-hydrogen) atoms. The van der Waals surface area contributed by atoms with Crippen molar-refractivity contribution in [2.24, 2.45) is 5.73 Å².